The lowest BCUT2D eigenvalue weighted by Gasteiger charge is -2.27. The number of Topliss-reactive ketones (excluding diaryl/α,β-unsaturated/α-hetero) is 1. The first-order valence-corrected chi connectivity index (χ1v) is 30.2. The number of nitrogens with one attached hydrogen (secondary N) is 2. The highest BCUT2D eigenvalue weighted by atomic mass is 79.9. The molecule has 25 heteroatoms. The summed E-state index contributed by atoms with van der Waals surface area (Å²) in [6.07, 6.45) is 9.79. The number of H-pyrrole nitrogens is 1. The van der Waals surface area contributed by atoms with Crippen molar-refractivity contribution >= 4 is 139 Å². The molecule has 21 nitrogen and oxygen atoms in total. The van der Waals surface area contributed by atoms with Crippen molar-refractivity contribution in [3.05, 3.63) is 181 Å². The summed E-state index contributed by atoms with van der Waals surface area (Å²) < 4.78 is 20.1. The van der Waals surface area contributed by atoms with Gasteiger partial charge >= 0.3 is 18.2 Å². The number of fused-ring (bicyclic) bond motifs is 4. The van der Waals surface area contributed by atoms with Crippen LogP contribution in [0.25, 0.3) is 31.9 Å². The number of benzene rings is 4. The zero-order chi connectivity index (χ0) is 64.5. The van der Waals surface area contributed by atoms with Gasteiger partial charge in [-0.2, -0.15) is 9.78 Å². The molecule has 7 heterocycles. The molecule has 1 atom stereocenters. The number of carbonyl (C=O) groups excluding carboxylic acids is 3. The van der Waals surface area contributed by atoms with Gasteiger partial charge in [-0.25, -0.2) is 39.2 Å². The van der Waals surface area contributed by atoms with E-state index in [-0.39, 0.29) is 11.1 Å². The number of aromatic nitrogens is 7. The number of aromatic carboxylic acids is 1. The molecule has 4 aromatic carbocycles. The molecule has 1 unspecified atom stereocenters. The minimum Gasteiger partial charge on any atom is -0.477 e. The number of halogens is 3. The van der Waals surface area contributed by atoms with E-state index in [0.717, 1.165) is 77.5 Å². The zero-order valence-corrected chi connectivity index (χ0v) is 55.0. The van der Waals surface area contributed by atoms with Crippen LogP contribution < -0.4 is 27.4 Å². The molecular formula is C63H70Br2ClN13O8S. The van der Waals surface area contributed by atoms with Crippen molar-refractivity contribution in [1.29, 1.82) is 0 Å². The molecule has 1 saturated heterocycles. The van der Waals surface area contributed by atoms with Crippen molar-refractivity contribution in [2.24, 2.45) is 22.2 Å². The lowest BCUT2D eigenvalue weighted by Crippen LogP contribution is -2.34. The number of aryl methyl sites for hydroxylation is 1. The van der Waals surface area contributed by atoms with E-state index >= 15 is 0 Å². The van der Waals surface area contributed by atoms with Crippen LogP contribution in [0.5, 0.6) is 0 Å². The number of carboxylic acid groups (broad SMARTS) is 1. The number of anilines is 4. The highest BCUT2D eigenvalue weighted by Gasteiger charge is 2.28. The Morgan fingerprint density at radius 1 is 0.875 bits per heavy atom. The average molecular weight is 1360 g/mol. The Hall–Kier alpha value is -8.39. The third kappa shape index (κ3) is 20.9. The Labute approximate surface area is 535 Å². The van der Waals surface area contributed by atoms with Crippen molar-refractivity contribution in [3.63, 3.8) is 0 Å². The summed E-state index contributed by atoms with van der Waals surface area (Å²) in [5, 5.41) is 19.0. The van der Waals surface area contributed by atoms with Crippen molar-refractivity contribution in [2.45, 2.75) is 99.4 Å². The van der Waals surface area contributed by atoms with Crippen molar-refractivity contribution in [2.75, 3.05) is 23.4 Å². The van der Waals surface area contributed by atoms with Crippen LogP contribution in [0.15, 0.2) is 154 Å². The summed E-state index contributed by atoms with van der Waals surface area (Å²) in [6.45, 7) is 20.5. The normalized spacial score (nSPS) is 13.4. The number of ketones is 1. The molecule has 2 aliphatic heterocycles. The Balaban J connectivity index is 0.000000180. The molecule has 0 saturated carbocycles. The maximum atomic E-state index is 12.9. The lowest BCUT2D eigenvalue weighted by molar-refractivity contribution is 0.0520. The molecule has 0 radical (unpaired) electrons. The smallest absolute Gasteiger partial charge is 0.435 e. The van der Waals surface area contributed by atoms with Crippen molar-refractivity contribution in [1.82, 2.24) is 34.7 Å². The van der Waals surface area contributed by atoms with E-state index in [1.54, 1.807) is 62.8 Å². The molecule has 462 valence electrons. The van der Waals surface area contributed by atoms with Gasteiger partial charge in [0.2, 0.25) is 5.28 Å². The number of hydrogen-bond donors (Lipinski definition) is 6. The van der Waals surface area contributed by atoms with Crippen LogP contribution >= 0.6 is 54.8 Å². The summed E-state index contributed by atoms with van der Waals surface area (Å²) in [5.41, 5.74) is 22.1. The number of nitrogens with two attached hydrogens (primary N) is 3. The molecular weight excluding hydrogens is 1290 g/mol. The molecule has 9 N–H and O–H groups in total. The predicted molar refractivity (Wildman–Crippen MR) is 356 cm³/mol. The molecule has 88 heavy (non-hydrogen) atoms. The first kappa shape index (κ1) is 68.7. The molecule has 1 amide bonds. The van der Waals surface area contributed by atoms with Gasteiger partial charge in [-0.3, -0.25) is 9.79 Å². The minimum atomic E-state index is -0.864. The Kier molecular flexibility index (Phi) is 24.6. The van der Waals surface area contributed by atoms with Gasteiger partial charge in [-0.15, -0.1) is 11.3 Å². The van der Waals surface area contributed by atoms with Gasteiger partial charge < -0.3 is 46.8 Å². The van der Waals surface area contributed by atoms with Crippen LogP contribution in [0.1, 0.15) is 106 Å². The number of nitrogens with zero attached hydrogens (tertiary/aromatic N) is 8. The number of amides is 1. The highest BCUT2D eigenvalue weighted by Crippen LogP contribution is 2.32. The average Bonchev–Trinajstić information content (AvgIpc) is 3.94. The van der Waals surface area contributed by atoms with Gasteiger partial charge in [-0.1, -0.05) is 56.1 Å². The monoisotopic (exact) mass is 1360 g/mol. The van der Waals surface area contributed by atoms with E-state index < -0.39 is 29.4 Å². The van der Waals surface area contributed by atoms with Gasteiger partial charge in [0.05, 0.1) is 36.2 Å². The van der Waals surface area contributed by atoms with Crippen LogP contribution in [0.4, 0.5) is 32.6 Å². The lowest BCUT2D eigenvalue weighted by atomic mass is 10.1. The van der Waals surface area contributed by atoms with E-state index in [1.165, 1.54) is 27.1 Å². The third-order valence-corrected chi connectivity index (χ3v) is 14.3. The fourth-order valence-electron chi connectivity index (χ4n) is 7.99. The first-order valence-electron chi connectivity index (χ1n) is 27.4. The molecule has 2 aliphatic rings. The second-order valence-electron chi connectivity index (χ2n) is 21.5. The summed E-state index contributed by atoms with van der Waals surface area (Å²) in [4.78, 5) is 72.5. The fourth-order valence-corrected chi connectivity index (χ4v) is 9.95. The Morgan fingerprint density at radius 3 is 2.18 bits per heavy atom. The van der Waals surface area contributed by atoms with Crippen molar-refractivity contribution in [3.8, 4) is 0 Å². The highest BCUT2D eigenvalue weighted by molar-refractivity contribution is 9.10. The topological polar surface area (TPSA) is 307 Å². The second-order valence-corrected chi connectivity index (χ2v) is 24.8. The van der Waals surface area contributed by atoms with Crippen LogP contribution in [0.2, 0.25) is 5.28 Å². The zero-order valence-electron chi connectivity index (χ0n) is 50.3. The number of thiophene rings is 1. The number of aromatic amines is 1. The summed E-state index contributed by atoms with van der Waals surface area (Å²) >= 11 is 13.8. The molecule has 0 aliphatic carbocycles. The SMILES string of the molecule is C/C=C\C(N)=C/N.CC(=O)c1cc2ccc(Br)cc2[nH]1.CC(C)(C)OC(=O)n1ncc2cc(Nc3ccnc(Cl)n3)ccc21.CC1=NCc2ccc(N(C(=O)OC(C)(C)C)c3ccnc(C)n3)cc21.NC1CCOC1.O=C(O)c1cc2ccc(Br)cc2s1. The van der Waals surface area contributed by atoms with E-state index in [9.17, 15) is 19.2 Å². The number of rotatable bonds is 7. The molecule has 0 bridgehead atoms. The Morgan fingerprint density at radius 2 is 1.58 bits per heavy atom. The summed E-state index contributed by atoms with van der Waals surface area (Å²) in [7, 11) is 0. The Bertz CT molecular complexity index is 3920. The van der Waals surface area contributed by atoms with Crippen LogP contribution in [-0.4, -0.2) is 99.9 Å². The molecule has 1 fully saturated rings. The largest absolute Gasteiger partial charge is 0.477 e. The predicted octanol–water partition coefficient (Wildman–Crippen LogP) is 14.7. The maximum absolute atomic E-state index is 12.9. The number of hydrogen-bond acceptors (Lipinski definition) is 18. The van der Waals surface area contributed by atoms with Gasteiger partial charge in [0.15, 0.2) is 5.78 Å². The van der Waals surface area contributed by atoms with Crippen LogP contribution in [-0.2, 0) is 20.8 Å². The maximum Gasteiger partial charge on any atom is 0.435 e. The summed E-state index contributed by atoms with van der Waals surface area (Å²) in [5.74, 6) is 0.845. The van der Waals surface area contributed by atoms with E-state index in [1.807, 2.05) is 134 Å². The quantitative estimate of drug-likeness (QED) is 0.0491. The number of carbonyl (C=O) groups is 4. The second kappa shape index (κ2) is 31.5. The van der Waals surface area contributed by atoms with Gasteiger partial charge in [0.1, 0.15) is 33.5 Å². The van der Waals surface area contributed by atoms with E-state index in [2.05, 4.69) is 72.2 Å². The van der Waals surface area contributed by atoms with Gasteiger partial charge in [-0.05, 0) is 176 Å². The number of carboxylic acids is 1. The minimum absolute atomic E-state index is 0.0623. The molecule has 5 aromatic heterocycles. The standard InChI is InChI=1S/C19H22N4O2.C16H16ClN5O2.C10H8BrNO.C9H5BrO2S.C5H10N2.C4H9NO/c1-12-16-10-15(7-6-14(16)11-21-12)23(18(24)25-19(3,4)5)17-8-9-20-13(2)22-17;1-16(2,3)24-15(23)22-12-5-4-11(8-10(12)9-19-22)20-13-6-7-18-14(17)21-13;1-6(13)9-4-7-2-3-8(11)5-10(7)12-9;10-6-2-1-5-3-8(9(11)12)13-7(5)4-6;1-2-3-5(7)4-6;5-4-1-2-6-3-4/h6-10H,11H2,1-5H3;4-9H,1-3H3,(H,18,20,21);2-5,12H,1H3;1-4H,(H,11,12);2-4H,6-7H2,1H3;4H,1-3,5H2/b;;;;3-2-,5-4+;. The molecule has 9 aromatic rings. The van der Waals surface area contributed by atoms with Gasteiger partial charge in [0, 0.05) is 90.8 Å². The van der Waals surface area contributed by atoms with E-state index in [4.69, 9.17) is 48.1 Å². The van der Waals surface area contributed by atoms with Crippen LogP contribution in [0.3, 0.4) is 0 Å². The van der Waals surface area contributed by atoms with E-state index in [0.29, 0.717) is 57.5 Å². The van der Waals surface area contributed by atoms with Gasteiger partial charge in [0.25, 0.3) is 0 Å². The molecule has 0 spiro atoms. The van der Waals surface area contributed by atoms with Crippen molar-refractivity contribution < 1.29 is 38.5 Å². The number of aliphatic imine (C=N–C) groups is 1. The van der Waals surface area contributed by atoms with Crippen LogP contribution in [0, 0.1) is 6.92 Å². The summed E-state index contributed by atoms with van der Waals surface area (Å²) in [6, 6.07) is 30.2. The third-order valence-electron chi connectivity index (χ3n) is 12.0. The number of ether oxygens (including phenoxy) is 3. The first-order chi connectivity index (χ1) is 41.6. The molecule has 11 rings (SSSR count). The fraction of sp³-hybridized carbons (Fsp3) is 0.270. The number of allylic oxidation sites excluding steroid dienone is 2.